The van der Waals surface area contributed by atoms with Crippen molar-refractivity contribution in [1.82, 2.24) is 9.62 Å². The molecule has 0 aliphatic carbocycles. The summed E-state index contributed by atoms with van der Waals surface area (Å²) in [6.45, 7) is 8.88. The molecule has 0 aromatic rings. The smallest absolute Gasteiger partial charge is 0.240 e. The second-order valence-corrected chi connectivity index (χ2v) is 6.36. The molecule has 1 atom stereocenters. The largest absolute Gasteiger partial charge is 0.342 e. The lowest BCUT2D eigenvalue weighted by atomic mass is 10.0. The molecule has 0 radical (unpaired) electrons. The monoisotopic (exact) mass is 264 g/mol. The van der Waals surface area contributed by atoms with Crippen LogP contribution in [0.15, 0.2) is 0 Å². The zero-order chi connectivity index (χ0) is 13.6. The van der Waals surface area contributed by atoms with Crippen LogP contribution < -0.4 is 4.72 Å². The van der Waals surface area contributed by atoms with Crippen molar-refractivity contribution >= 4 is 15.9 Å². The predicted molar refractivity (Wildman–Crippen MR) is 69.2 cm³/mol. The third kappa shape index (κ3) is 6.63. The van der Waals surface area contributed by atoms with Crippen LogP contribution in [0.1, 0.15) is 34.1 Å². The number of sulfonamides is 1. The van der Waals surface area contributed by atoms with Gasteiger partial charge in [0.25, 0.3) is 0 Å². The molecule has 0 aliphatic rings. The maximum atomic E-state index is 12.1. The van der Waals surface area contributed by atoms with Gasteiger partial charge in [-0.3, -0.25) is 4.79 Å². The van der Waals surface area contributed by atoms with Crippen molar-refractivity contribution in [2.75, 3.05) is 19.3 Å². The molecule has 0 aromatic carbocycles. The molecule has 0 spiro atoms. The number of nitrogens with one attached hydrogen (secondary N) is 1. The van der Waals surface area contributed by atoms with Crippen LogP contribution in [0.2, 0.25) is 0 Å². The Morgan fingerprint density at radius 3 is 2.00 bits per heavy atom. The molecule has 0 heterocycles. The minimum absolute atomic E-state index is 0.144. The molecule has 0 saturated carbocycles. The predicted octanol–water partition coefficient (Wildman–Crippen LogP) is 0.819. The summed E-state index contributed by atoms with van der Waals surface area (Å²) in [7, 11) is -3.36. The van der Waals surface area contributed by atoms with E-state index in [1.54, 1.807) is 4.90 Å². The lowest BCUT2D eigenvalue weighted by Crippen LogP contribution is -2.48. The highest BCUT2D eigenvalue weighted by Gasteiger charge is 2.26. The third-order valence-corrected chi connectivity index (χ3v) is 3.15. The van der Waals surface area contributed by atoms with Crippen molar-refractivity contribution in [1.29, 1.82) is 0 Å². The molecule has 1 unspecified atom stereocenters. The maximum absolute atomic E-state index is 12.1. The quantitative estimate of drug-likeness (QED) is 0.740. The molecule has 6 heteroatoms. The third-order valence-electron chi connectivity index (χ3n) is 2.44. The average Bonchev–Trinajstić information content (AvgIpc) is 2.15. The highest BCUT2D eigenvalue weighted by atomic mass is 32.2. The average molecular weight is 264 g/mol. The summed E-state index contributed by atoms with van der Waals surface area (Å²) in [5.41, 5.74) is 0. The van der Waals surface area contributed by atoms with Crippen LogP contribution in [0.4, 0.5) is 0 Å². The normalized spacial score (nSPS) is 13.8. The second kappa shape index (κ2) is 6.96. The number of carbonyl (C=O) groups is 1. The van der Waals surface area contributed by atoms with Crippen molar-refractivity contribution in [2.24, 2.45) is 5.92 Å². The fraction of sp³-hybridized carbons (Fsp3) is 0.909. The van der Waals surface area contributed by atoms with Crippen LogP contribution in [-0.4, -0.2) is 44.6 Å². The fourth-order valence-electron chi connectivity index (χ4n) is 1.68. The van der Waals surface area contributed by atoms with Crippen molar-refractivity contribution in [3.05, 3.63) is 0 Å². The molecule has 1 N–H and O–H groups in total. The Labute approximate surface area is 105 Å². The van der Waals surface area contributed by atoms with Crippen LogP contribution in [0.25, 0.3) is 0 Å². The summed E-state index contributed by atoms with van der Waals surface area (Å²) >= 11 is 0. The first-order valence-corrected chi connectivity index (χ1v) is 7.86. The second-order valence-electron chi connectivity index (χ2n) is 4.58. The topological polar surface area (TPSA) is 66.5 Å². The maximum Gasteiger partial charge on any atom is 0.240 e. The van der Waals surface area contributed by atoms with Crippen LogP contribution in [0.5, 0.6) is 0 Å². The fourth-order valence-corrected chi connectivity index (χ4v) is 2.40. The van der Waals surface area contributed by atoms with E-state index >= 15 is 0 Å². The molecule has 17 heavy (non-hydrogen) atoms. The summed E-state index contributed by atoms with van der Waals surface area (Å²) in [6, 6.07) is -0.648. The minimum atomic E-state index is -3.36. The number of amides is 1. The zero-order valence-electron chi connectivity index (χ0n) is 11.4. The van der Waals surface area contributed by atoms with Gasteiger partial charge in [0, 0.05) is 13.1 Å². The van der Waals surface area contributed by atoms with Gasteiger partial charge in [-0.25, -0.2) is 13.1 Å². The van der Waals surface area contributed by atoms with E-state index in [0.29, 0.717) is 19.5 Å². The zero-order valence-corrected chi connectivity index (χ0v) is 12.2. The van der Waals surface area contributed by atoms with Gasteiger partial charge in [0.15, 0.2) is 0 Å². The van der Waals surface area contributed by atoms with Crippen molar-refractivity contribution in [2.45, 2.75) is 40.2 Å². The van der Waals surface area contributed by atoms with Crippen LogP contribution >= 0.6 is 0 Å². The number of rotatable bonds is 7. The number of likely N-dealkylation sites (N-methyl/N-ethyl adjacent to an activating group) is 1. The van der Waals surface area contributed by atoms with Gasteiger partial charge in [-0.2, -0.15) is 0 Å². The molecule has 0 bridgehead atoms. The first-order valence-electron chi connectivity index (χ1n) is 5.97. The first-order chi connectivity index (χ1) is 7.71. The Kier molecular flexibility index (Phi) is 6.70. The Balaban J connectivity index is 4.84. The van der Waals surface area contributed by atoms with Gasteiger partial charge in [-0.15, -0.1) is 0 Å². The van der Waals surface area contributed by atoms with Gasteiger partial charge in [-0.1, -0.05) is 13.8 Å². The van der Waals surface area contributed by atoms with E-state index in [0.717, 1.165) is 6.26 Å². The van der Waals surface area contributed by atoms with Crippen molar-refractivity contribution < 1.29 is 13.2 Å². The molecule has 0 rings (SSSR count). The van der Waals surface area contributed by atoms with Gasteiger partial charge < -0.3 is 4.90 Å². The molecule has 0 fully saturated rings. The number of nitrogens with zero attached hydrogens (tertiary/aromatic N) is 1. The van der Waals surface area contributed by atoms with Gasteiger partial charge in [0.2, 0.25) is 15.9 Å². The summed E-state index contributed by atoms with van der Waals surface area (Å²) in [5, 5.41) is 0. The van der Waals surface area contributed by atoms with E-state index in [1.165, 1.54) is 0 Å². The first kappa shape index (κ1) is 16.4. The molecule has 0 aromatic heterocycles. The summed E-state index contributed by atoms with van der Waals surface area (Å²) in [4.78, 5) is 13.8. The summed E-state index contributed by atoms with van der Waals surface area (Å²) in [6.07, 6.45) is 1.60. The Bertz CT molecular complexity index is 335. The molecular weight excluding hydrogens is 240 g/mol. The van der Waals surface area contributed by atoms with Gasteiger partial charge in [0.1, 0.15) is 6.04 Å². The van der Waals surface area contributed by atoms with Crippen LogP contribution in [-0.2, 0) is 14.8 Å². The standard InChI is InChI=1S/C11H24N2O3S/c1-6-13(7-2)11(14)10(8-9(3)4)12-17(5,15)16/h9-10,12H,6-8H2,1-5H3. The van der Waals surface area contributed by atoms with Gasteiger partial charge in [0.05, 0.1) is 6.26 Å². The lowest BCUT2D eigenvalue weighted by Gasteiger charge is -2.26. The SMILES string of the molecule is CCN(CC)C(=O)C(CC(C)C)NS(C)(=O)=O. The van der Waals surface area contributed by atoms with E-state index in [1.807, 2.05) is 27.7 Å². The van der Waals surface area contributed by atoms with Crippen molar-refractivity contribution in [3.8, 4) is 0 Å². The molecule has 0 aliphatic heterocycles. The van der Waals surface area contributed by atoms with Gasteiger partial charge >= 0.3 is 0 Å². The Morgan fingerprint density at radius 2 is 1.71 bits per heavy atom. The molecule has 102 valence electrons. The van der Waals surface area contributed by atoms with E-state index < -0.39 is 16.1 Å². The highest BCUT2D eigenvalue weighted by Crippen LogP contribution is 2.09. The number of hydrogen-bond acceptors (Lipinski definition) is 3. The van der Waals surface area contributed by atoms with Crippen molar-refractivity contribution in [3.63, 3.8) is 0 Å². The minimum Gasteiger partial charge on any atom is -0.342 e. The van der Waals surface area contributed by atoms with Crippen LogP contribution in [0.3, 0.4) is 0 Å². The number of carbonyl (C=O) groups excluding carboxylic acids is 1. The van der Waals surface area contributed by atoms with E-state index in [2.05, 4.69) is 4.72 Å². The van der Waals surface area contributed by atoms with E-state index in [9.17, 15) is 13.2 Å². The van der Waals surface area contributed by atoms with E-state index in [4.69, 9.17) is 0 Å². The van der Waals surface area contributed by atoms with Crippen LogP contribution in [0, 0.1) is 5.92 Å². The summed E-state index contributed by atoms with van der Waals surface area (Å²) in [5.74, 6) is 0.114. The highest BCUT2D eigenvalue weighted by molar-refractivity contribution is 7.88. The van der Waals surface area contributed by atoms with E-state index in [-0.39, 0.29) is 11.8 Å². The molecular formula is C11H24N2O3S. The molecule has 1 amide bonds. The summed E-state index contributed by atoms with van der Waals surface area (Å²) < 4.78 is 24.9. The van der Waals surface area contributed by atoms with Gasteiger partial charge in [-0.05, 0) is 26.2 Å². The lowest BCUT2D eigenvalue weighted by molar-refractivity contribution is -0.133. The Morgan fingerprint density at radius 1 is 1.24 bits per heavy atom. The Hall–Kier alpha value is -0.620. The molecule has 5 nitrogen and oxygen atoms in total. The number of hydrogen-bond donors (Lipinski definition) is 1. The molecule has 0 saturated heterocycles.